The van der Waals surface area contributed by atoms with Gasteiger partial charge in [0.1, 0.15) is 12.6 Å². The third kappa shape index (κ3) is 2.58. The lowest BCUT2D eigenvalue weighted by Gasteiger charge is -2.37. The summed E-state index contributed by atoms with van der Waals surface area (Å²) in [5.74, 6) is 1.73. The van der Waals surface area contributed by atoms with Crippen molar-refractivity contribution in [1.82, 2.24) is 0 Å². The van der Waals surface area contributed by atoms with Crippen molar-refractivity contribution in [3.05, 3.63) is 35.4 Å². The highest BCUT2D eigenvalue weighted by atomic mass is 16.5. The van der Waals surface area contributed by atoms with Crippen LogP contribution in [0.3, 0.4) is 0 Å². The van der Waals surface area contributed by atoms with E-state index < -0.39 is 6.10 Å². The molecule has 0 unspecified atom stereocenters. The monoisotopic (exact) mass is 344 g/mol. The second-order valence-electron chi connectivity index (χ2n) is 8.27. The van der Waals surface area contributed by atoms with Gasteiger partial charge in [-0.3, -0.25) is 0 Å². The van der Waals surface area contributed by atoms with Gasteiger partial charge >= 0.3 is 0 Å². The van der Waals surface area contributed by atoms with Crippen LogP contribution in [0.1, 0.15) is 43.7 Å². The number of nitrogens with zero attached hydrogens (tertiary/aromatic N) is 1. The molecule has 1 aromatic carbocycles. The molecule has 0 radical (unpaired) electrons. The largest absolute Gasteiger partial charge is 0.493 e. The average Bonchev–Trinajstić information content (AvgIpc) is 2.87. The van der Waals surface area contributed by atoms with Gasteiger partial charge in [0.25, 0.3) is 0 Å². The number of rotatable bonds is 4. The van der Waals surface area contributed by atoms with E-state index >= 15 is 0 Å². The molecule has 1 N–H and O–H groups in total. The molecule has 4 heteroatoms. The summed E-state index contributed by atoms with van der Waals surface area (Å²) in [6.07, 6.45) is 8.02. The maximum absolute atomic E-state index is 10.1. The molecule has 1 aromatic rings. The Kier molecular flexibility index (Phi) is 4.08. The number of aliphatic hydroxyl groups is 1. The number of unbranched alkanes of at least 4 members (excludes halogenated alkanes) is 1. The van der Waals surface area contributed by atoms with Crippen LogP contribution in [0.5, 0.6) is 11.5 Å². The predicted molar refractivity (Wildman–Crippen MR) is 98.0 cm³/mol. The van der Waals surface area contributed by atoms with E-state index in [4.69, 9.17) is 9.47 Å². The quantitative estimate of drug-likeness (QED) is 0.673. The molecule has 2 aliphatic heterocycles. The normalized spacial score (nSPS) is 35.5. The van der Waals surface area contributed by atoms with E-state index in [1.54, 1.807) is 7.11 Å². The van der Waals surface area contributed by atoms with Gasteiger partial charge in [-0.25, -0.2) is 0 Å². The zero-order chi connectivity index (χ0) is 17.7. The maximum atomic E-state index is 10.1. The lowest BCUT2D eigenvalue weighted by atomic mass is 9.69. The molecule has 4 rings (SSSR count). The Hall–Kier alpha value is -1.52. The summed E-state index contributed by atoms with van der Waals surface area (Å²) in [5, 5.41) is 10.1. The minimum atomic E-state index is -0.413. The second-order valence-corrected chi connectivity index (χ2v) is 8.27. The Morgan fingerprint density at radius 1 is 1.40 bits per heavy atom. The summed E-state index contributed by atoms with van der Waals surface area (Å²) < 4.78 is 13.1. The van der Waals surface area contributed by atoms with Gasteiger partial charge in [-0.1, -0.05) is 25.5 Å². The number of ether oxygens (including phenoxy) is 2. The van der Waals surface area contributed by atoms with E-state index in [9.17, 15) is 5.11 Å². The molecule has 3 aliphatic rings. The van der Waals surface area contributed by atoms with Gasteiger partial charge in [-0.2, -0.15) is 0 Å². The van der Waals surface area contributed by atoms with E-state index in [0.717, 1.165) is 35.5 Å². The van der Waals surface area contributed by atoms with Crippen molar-refractivity contribution in [2.45, 2.75) is 56.8 Å². The van der Waals surface area contributed by atoms with E-state index in [2.05, 4.69) is 32.2 Å². The molecule has 0 saturated heterocycles. The number of quaternary nitrogens is 1. The van der Waals surface area contributed by atoms with Crippen LogP contribution in [0.25, 0.3) is 0 Å². The minimum absolute atomic E-state index is 0.00951. The molecule has 0 bridgehead atoms. The summed E-state index contributed by atoms with van der Waals surface area (Å²) in [4.78, 5) is 0. The van der Waals surface area contributed by atoms with E-state index in [0.29, 0.717) is 6.42 Å². The molecule has 2 heterocycles. The first-order chi connectivity index (χ1) is 12.0. The molecule has 25 heavy (non-hydrogen) atoms. The molecule has 0 saturated carbocycles. The van der Waals surface area contributed by atoms with E-state index in [-0.39, 0.29) is 11.5 Å². The lowest BCUT2D eigenvalue weighted by molar-refractivity contribution is -0.922. The van der Waals surface area contributed by atoms with Gasteiger partial charge in [0, 0.05) is 24.0 Å². The van der Waals surface area contributed by atoms with Crippen molar-refractivity contribution < 1.29 is 19.1 Å². The summed E-state index contributed by atoms with van der Waals surface area (Å²) in [5.41, 5.74) is 2.59. The molecule has 136 valence electrons. The Labute approximate surface area is 150 Å². The van der Waals surface area contributed by atoms with Crippen molar-refractivity contribution >= 4 is 0 Å². The van der Waals surface area contributed by atoms with Gasteiger partial charge in [-0.15, -0.1) is 0 Å². The fourth-order valence-corrected chi connectivity index (χ4v) is 5.01. The SMILES string of the molecule is CCCC[N@+]1(C)CC[C@@]23C=C[C@H](O)C[C@@H]2Oc2c(OC)ccc(c23)C1. The number of methoxy groups -OCH3 is 1. The first-order valence-corrected chi connectivity index (χ1v) is 9.59. The van der Waals surface area contributed by atoms with E-state index in [1.807, 2.05) is 6.08 Å². The van der Waals surface area contributed by atoms with Crippen molar-refractivity contribution in [2.75, 3.05) is 27.2 Å². The Bertz CT molecular complexity index is 701. The third-order valence-corrected chi connectivity index (χ3v) is 6.47. The predicted octanol–water partition coefficient (Wildman–Crippen LogP) is 3.17. The smallest absolute Gasteiger partial charge is 0.166 e. The fraction of sp³-hybridized carbons (Fsp3) is 0.619. The second kappa shape index (κ2) is 6.03. The van der Waals surface area contributed by atoms with Crippen molar-refractivity contribution in [2.24, 2.45) is 0 Å². The molecule has 4 atom stereocenters. The van der Waals surface area contributed by atoms with Crippen LogP contribution in [0.2, 0.25) is 0 Å². The highest BCUT2D eigenvalue weighted by Gasteiger charge is 2.54. The summed E-state index contributed by atoms with van der Waals surface area (Å²) in [7, 11) is 4.10. The van der Waals surface area contributed by atoms with Crippen LogP contribution in [0.4, 0.5) is 0 Å². The minimum Gasteiger partial charge on any atom is -0.493 e. The van der Waals surface area contributed by atoms with Crippen LogP contribution in [0.15, 0.2) is 24.3 Å². The molecule has 1 aliphatic carbocycles. The van der Waals surface area contributed by atoms with Gasteiger partial charge in [0.05, 0.1) is 38.8 Å². The first kappa shape index (κ1) is 16.9. The average molecular weight is 344 g/mol. The number of benzene rings is 1. The molecular weight excluding hydrogens is 314 g/mol. The van der Waals surface area contributed by atoms with Crippen LogP contribution >= 0.6 is 0 Å². The number of hydrogen-bond donors (Lipinski definition) is 1. The van der Waals surface area contributed by atoms with Gasteiger partial charge in [0.15, 0.2) is 11.5 Å². The number of aliphatic hydroxyl groups excluding tert-OH is 1. The third-order valence-electron chi connectivity index (χ3n) is 6.47. The highest BCUT2D eigenvalue weighted by Crippen LogP contribution is 2.56. The van der Waals surface area contributed by atoms with Crippen LogP contribution in [-0.4, -0.2) is 49.0 Å². The zero-order valence-corrected chi connectivity index (χ0v) is 15.6. The molecule has 1 spiro atoms. The van der Waals surface area contributed by atoms with Crippen molar-refractivity contribution in [3.8, 4) is 11.5 Å². The molecule has 0 amide bonds. The Morgan fingerprint density at radius 3 is 3.00 bits per heavy atom. The fourth-order valence-electron chi connectivity index (χ4n) is 5.01. The molecular formula is C21H30NO3+. The van der Waals surface area contributed by atoms with Crippen LogP contribution < -0.4 is 9.47 Å². The van der Waals surface area contributed by atoms with Gasteiger partial charge < -0.3 is 19.1 Å². The Balaban J connectivity index is 1.84. The summed E-state index contributed by atoms with van der Waals surface area (Å²) in [6, 6.07) is 4.28. The molecule has 0 aromatic heterocycles. The zero-order valence-electron chi connectivity index (χ0n) is 15.6. The maximum Gasteiger partial charge on any atom is 0.166 e. The van der Waals surface area contributed by atoms with Crippen LogP contribution in [0, 0.1) is 0 Å². The van der Waals surface area contributed by atoms with Crippen molar-refractivity contribution in [3.63, 3.8) is 0 Å². The van der Waals surface area contributed by atoms with Crippen LogP contribution in [-0.2, 0) is 12.0 Å². The standard InChI is InChI=1S/C21H30NO3/c1-4-5-11-22(2)12-10-21-9-8-16(23)13-18(21)25-20-17(24-3)7-6-15(14-22)19(20)21/h6-9,16,18,23H,4-5,10-14H2,1-3H3/q+1/t16-,18-,21-,22+/m0/s1. The highest BCUT2D eigenvalue weighted by molar-refractivity contribution is 5.60. The molecule has 4 nitrogen and oxygen atoms in total. The molecule has 0 fully saturated rings. The van der Waals surface area contributed by atoms with Gasteiger partial charge in [-0.05, 0) is 18.6 Å². The number of hydrogen-bond acceptors (Lipinski definition) is 3. The van der Waals surface area contributed by atoms with Gasteiger partial charge in [0.2, 0.25) is 0 Å². The van der Waals surface area contributed by atoms with E-state index in [1.165, 1.54) is 30.5 Å². The van der Waals surface area contributed by atoms with Crippen molar-refractivity contribution in [1.29, 1.82) is 0 Å². The lowest BCUT2D eigenvalue weighted by Crippen LogP contribution is -2.47. The Morgan fingerprint density at radius 2 is 2.24 bits per heavy atom. The summed E-state index contributed by atoms with van der Waals surface area (Å²) in [6.45, 7) is 5.66. The topological polar surface area (TPSA) is 38.7 Å². The first-order valence-electron chi connectivity index (χ1n) is 9.59. The summed E-state index contributed by atoms with van der Waals surface area (Å²) >= 11 is 0.